The molecule has 0 saturated carbocycles. The predicted octanol–water partition coefficient (Wildman–Crippen LogP) is 6.95. The Morgan fingerprint density at radius 2 is 0.964 bits per heavy atom. The lowest BCUT2D eigenvalue weighted by Crippen LogP contribution is -2.44. The molecule has 4 aliphatic heterocycles. The summed E-state index contributed by atoms with van der Waals surface area (Å²) in [6.07, 6.45) is 6.16. The molecule has 16 heteroatoms. The third-order valence-corrected chi connectivity index (χ3v) is 12.9. The monoisotopic (exact) mass is 792 g/mol. The maximum atomic E-state index is 13.7. The first-order valence-corrected chi connectivity index (χ1v) is 20.8. The molecule has 0 radical (unpaired) electrons. The molecule has 4 aromatic heterocycles. The standard InChI is InChI=1S/2C20H21FN6S/c2*1-13-22-20(28-25-13)17-4-5-19(24-23-17)26-9-7-16(8-10-26)27-11-6-14-2-3-15(21)12-18(14)27/h2*2-5,12,16H,6-11H2,1H3. The van der Waals surface area contributed by atoms with Crippen LogP contribution >= 0.6 is 23.1 Å². The molecular weight excluding hydrogens is 751 g/mol. The van der Waals surface area contributed by atoms with Crippen LogP contribution in [-0.4, -0.2) is 90.5 Å². The number of anilines is 4. The molecule has 0 spiro atoms. The van der Waals surface area contributed by atoms with Crippen molar-refractivity contribution in [2.24, 2.45) is 0 Å². The number of rotatable bonds is 6. The first kappa shape index (κ1) is 36.4. The molecule has 56 heavy (non-hydrogen) atoms. The largest absolute Gasteiger partial charge is 0.368 e. The average Bonchev–Trinajstić information content (AvgIpc) is 4.05. The first-order chi connectivity index (χ1) is 27.3. The van der Waals surface area contributed by atoms with Crippen LogP contribution < -0.4 is 19.6 Å². The van der Waals surface area contributed by atoms with Gasteiger partial charge in [-0.05, 0) is 135 Å². The van der Waals surface area contributed by atoms with Crippen molar-refractivity contribution in [3.8, 4) is 21.4 Å². The molecule has 0 bridgehead atoms. The van der Waals surface area contributed by atoms with Gasteiger partial charge in [-0.3, -0.25) is 0 Å². The third kappa shape index (κ3) is 7.63. The zero-order chi connectivity index (χ0) is 38.2. The number of fused-ring (bicyclic) bond motifs is 2. The van der Waals surface area contributed by atoms with Crippen LogP contribution in [0.3, 0.4) is 0 Å². The molecule has 10 rings (SSSR count). The average molecular weight is 793 g/mol. The first-order valence-electron chi connectivity index (χ1n) is 19.2. The van der Waals surface area contributed by atoms with Gasteiger partial charge in [0.15, 0.2) is 21.7 Å². The van der Waals surface area contributed by atoms with Gasteiger partial charge in [-0.2, -0.15) is 8.75 Å². The fourth-order valence-corrected chi connectivity index (χ4v) is 9.61. The van der Waals surface area contributed by atoms with Gasteiger partial charge in [0.25, 0.3) is 0 Å². The Hall–Kier alpha value is -5.22. The summed E-state index contributed by atoms with van der Waals surface area (Å²) in [5, 5.41) is 19.1. The summed E-state index contributed by atoms with van der Waals surface area (Å²) < 4.78 is 35.8. The SMILES string of the molecule is Cc1nsc(-c2ccc(N3CCC(N4CCc5ccc(F)cc54)CC3)nn2)n1.Cc1nsc(-c2ccc(N3CCC(N4CCc5ccc(F)cc54)CC3)nn2)n1. The highest BCUT2D eigenvalue weighted by molar-refractivity contribution is 7.09. The maximum absolute atomic E-state index is 13.7. The minimum absolute atomic E-state index is 0.149. The second-order valence-corrected chi connectivity index (χ2v) is 16.2. The van der Waals surface area contributed by atoms with Crippen LogP contribution in [0.25, 0.3) is 21.4 Å². The van der Waals surface area contributed by atoms with Crippen molar-refractivity contribution in [2.75, 3.05) is 58.9 Å². The normalized spacial score (nSPS) is 17.2. The van der Waals surface area contributed by atoms with Crippen molar-refractivity contribution < 1.29 is 8.78 Å². The number of nitrogens with zero attached hydrogens (tertiary/aromatic N) is 12. The highest BCUT2D eigenvalue weighted by Gasteiger charge is 2.31. The minimum atomic E-state index is -0.149. The second kappa shape index (κ2) is 15.7. The fraction of sp³-hybridized carbons (Fsp3) is 0.400. The van der Waals surface area contributed by atoms with Gasteiger partial charge in [0.1, 0.15) is 34.7 Å². The van der Waals surface area contributed by atoms with Crippen molar-refractivity contribution >= 4 is 46.1 Å². The van der Waals surface area contributed by atoms with Crippen molar-refractivity contribution in [1.29, 1.82) is 0 Å². The molecule has 0 atom stereocenters. The molecule has 0 amide bonds. The zero-order valence-corrected chi connectivity index (χ0v) is 33.0. The molecule has 8 heterocycles. The summed E-state index contributed by atoms with van der Waals surface area (Å²) in [6, 6.07) is 19.2. The van der Waals surface area contributed by atoms with Crippen LogP contribution in [0.2, 0.25) is 0 Å². The molecule has 2 fully saturated rings. The van der Waals surface area contributed by atoms with Gasteiger partial charge in [-0.25, -0.2) is 18.7 Å². The van der Waals surface area contributed by atoms with Crippen LogP contribution in [0.1, 0.15) is 48.5 Å². The summed E-state index contributed by atoms with van der Waals surface area (Å²) in [5.41, 5.74) is 6.21. The molecule has 2 aromatic carbocycles. The third-order valence-electron chi connectivity index (χ3n) is 11.2. The van der Waals surface area contributed by atoms with Gasteiger partial charge in [0.2, 0.25) is 0 Å². The van der Waals surface area contributed by atoms with Gasteiger partial charge in [-0.1, -0.05) is 12.1 Å². The van der Waals surface area contributed by atoms with E-state index in [9.17, 15) is 8.78 Å². The summed E-state index contributed by atoms with van der Waals surface area (Å²) in [5.74, 6) is 3.02. The number of benzene rings is 2. The van der Waals surface area contributed by atoms with E-state index >= 15 is 0 Å². The number of aryl methyl sites for hydroxylation is 2. The highest BCUT2D eigenvalue weighted by Crippen LogP contribution is 2.35. The minimum Gasteiger partial charge on any atom is -0.368 e. The highest BCUT2D eigenvalue weighted by atomic mass is 32.1. The van der Waals surface area contributed by atoms with Gasteiger partial charge >= 0.3 is 0 Å². The van der Waals surface area contributed by atoms with E-state index < -0.39 is 0 Å². The van der Waals surface area contributed by atoms with Gasteiger partial charge in [-0.15, -0.1) is 20.4 Å². The zero-order valence-electron chi connectivity index (χ0n) is 31.4. The van der Waals surface area contributed by atoms with E-state index in [1.54, 1.807) is 24.3 Å². The van der Waals surface area contributed by atoms with E-state index in [2.05, 4.69) is 58.7 Å². The Bertz CT molecular complexity index is 2120. The Kier molecular flexibility index (Phi) is 10.2. The molecule has 0 N–H and O–H groups in total. The van der Waals surface area contributed by atoms with E-state index in [-0.39, 0.29) is 11.6 Å². The summed E-state index contributed by atoms with van der Waals surface area (Å²) in [7, 11) is 0. The van der Waals surface area contributed by atoms with E-state index in [0.717, 1.165) is 134 Å². The van der Waals surface area contributed by atoms with Crippen LogP contribution in [0.15, 0.2) is 60.7 Å². The van der Waals surface area contributed by atoms with E-state index in [1.807, 2.05) is 50.2 Å². The lowest BCUT2D eigenvalue weighted by Gasteiger charge is -2.38. The summed E-state index contributed by atoms with van der Waals surface area (Å²) >= 11 is 2.69. The molecule has 0 aliphatic carbocycles. The molecule has 6 aromatic rings. The topological polar surface area (TPSA) is 116 Å². The van der Waals surface area contributed by atoms with Crippen molar-refractivity contribution in [2.45, 2.75) is 64.5 Å². The summed E-state index contributed by atoms with van der Waals surface area (Å²) in [4.78, 5) is 18.1. The van der Waals surface area contributed by atoms with Crippen molar-refractivity contribution in [3.63, 3.8) is 0 Å². The van der Waals surface area contributed by atoms with Crippen LogP contribution in [0.4, 0.5) is 31.8 Å². The molecule has 12 nitrogen and oxygen atoms in total. The van der Waals surface area contributed by atoms with Gasteiger partial charge in [0, 0.05) is 62.7 Å². The van der Waals surface area contributed by atoms with Crippen LogP contribution in [0.5, 0.6) is 0 Å². The quantitative estimate of drug-likeness (QED) is 0.174. The van der Waals surface area contributed by atoms with Crippen LogP contribution in [0, 0.1) is 25.5 Å². The molecule has 0 unspecified atom stereocenters. The van der Waals surface area contributed by atoms with Crippen LogP contribution in [-0.2, 0) is 12.8 Å². The maximum Gasteiger partial charge on any atom is 0.164 e. The second-order valence-electron chi connectivity index (χ2n) is 14.7. The molecule has 288 valence electrons. The Morgan fingerprint density at radius 1 is 0.536 bits per heavy atom. The predicted molar refractivity (Wildman–Crippen MR) is 217 cm³/mol. The number of hydrogen-bond acceptors (Lipinski definition) is 14. The summed E-state index contributed by atoms with van der Waals surface area (Å²) in [6.45, 7) is 9.43. The lowest BCUT2D eigenvalue weighted by molar-refractivity contribution is 0.469. The van der Waals surface area contributed by atoms with E-state index in [1.165, 1.54) is 34.2 Å². The Morgan fingerprint density at radius 3 is 1.32 bits per heavy atom. The number of halogens is 2. The smallest absolute Gasteiger partial charge is 0.164 e. The van der Waals surface area contributed by atoms with Gasteiger partial charge < -0.3 is 19.6 Å². The van der Waals surface area contributed by atoms with Crippen molar-refractivity contribution in [1.82, 2.24) is 39.1 Å². The number of piperidine rings is 2. The molecular formula is C40H42F2N12S2. The fourth-order valence-electron chi connectivity index (χ4n) is 8.34. The van der Waals surface area contributed by atoms with Crippen molar-refractivity contribution in [3.05, 3.63) is 95.1 Å². The van der Waals surface area contributed by atoms with Gasteiger partial charge in [0.05, 0.1) is 0 Å². The number of aromatic nitrogens is 8. The van der Waals surface area contributed by atoms with E-state index in [4.69, 9.17) is 0 Å². The molecule has 4 aliphatic rings. The number of hydrogen-bond donors (Lipinski definition) is 0. The Labute approximate surface area is 332 Å². The lowest BCUT2D eigenvalue weighted by atomic mass is 10.0. The van der Waals surface area contributed by atoms with E-state index in [0.29, 0.717) is 12.1 Å². The molecule has 2 saturated heterocycles. The Balaban J connectivity index is 0.000000146.